The molecule has 2 aromatic carbocycles. The van der Waals surface area contributed by atoms with Gasteiger partial charge in [-0.3, -0.25) is 0 Å². The average molecular weight is 336 g/mol. The van der Waals surface area contributed by atoms with Gasteiger partial charge in [-0.15, -0.1) is 10.2 Å². The molecule has 5 nitrogen and oxygen atoms in total. The van der Waals surface area contributed by atoms with Crippen LogP contribution in [0.15, 0.2) is 53.7 Å². The zero-order valence-corrected chi connectivity index (χ0v) is 14.2. The number of methoxy groups -OCH3 is 1. The minimum absolute atomic E-state index is 0.670. The molecule has 0 fully saturated rings. The monoisotopic (exact) mass is 336 g/mol. The second kappa shape index (κ2) is 7.20. The maximum atomic E-state index is 8.97. The van der Waals surface area contributed by atoms with Crippen molar-refractivity contribution in [3.63, 3.8) is 0 Å². The van der Waals surface area contributed by atoms with Gasteiger partial charge in [0.25, 0.3) is 0 Å². The summed E-state index contributed by atoms with van der Waals surface area (Å²) in [6, 6.07) is 17.5. The fourth-order valence-corrected chi connectivity index (χ4v) is 3.19. The highest BCUT2D eigenvalue weighted by Crippen LogP contribution is 2.27. The Morgan fingerprint density at radius 1 is 1.17 bits per heavy atom. The second-order valence-electron chi connectivity index (χ2n) is 5.20. The highest BCUT2D eigenvalue weighted by atomic mass is 32.2. The number of rotatable bonds is 5. The molecule has 0 aliphatic heterocycles. The standard InChI is InChI=1S/C18H16N4OS/c1-22-17(15-7-4-8-16(10-15)23-2)20-21-18(22)24-12-14-6-3-5-13(9-14)11-19/h3-10H,12H2,1-2H3. The van der Waals surface area contributed by atoms with E-state index in [9.17, 15) is 0 Å². The van der Waals surface area contributed by atoms with Gasteiger partial charge in [0.2, 0.25) is 0 Å². The lowest BCUT2D eigenvalue weighted by molar-refractivity contribution is 0.415. The van der Waals surface area contributed by atoms with Crippen molar-refractivity contribution in [3.05, 3.63) is 59.7 Å². The summed E-state index contributed by atoms with van der Waals surface area (Å²) in [6.45, 7) is 0. The summed E-state index contributed by atoms with van der Waals surface area (Å²) in [5, 5.41) is 18.4. The third kappa shape index (κ3) is 3.42. The first kappa shape index (κ1) is 16.1. The zero-order valence-electron chi connectivity index (χ0n) is 13.4. The predicted octanol–water partition coefficient (Wildman–Crippen LogP) is 3.65. The molecule has 0 aliphatic carbocycles. The number of thioether (sulfide) groups is 1. The van der Waals surface area contributed by atoms with E-state index in [-0.39, 0.29) is 0 Å². The lowest BCUT2D eigenvalue weighted by atomic mass is 10.2. The largest absolute Gasteiger partial charge is 0.497 e. The summed E-state index contributed by atoms with van der Waals surface area (Å²) in [7, 11) is 3.59. The first-order chi connectivity index (χ1) is 11.7. The maximum Gasteiger partial charge on any atom is 0.191 e. The maximum absolute atomic E-state index is 8.97. The Hall–Kier alpha value is -2.78. The van der Waals surface area contributed by atoms with Crippen molar-refractivity contribution in [2.45, 2.75) is 10.9 Å². The van der Waals surface area contributed by atoms with Crippen LogP contribution in [0.25, 0.3) is 11.4 Å². The van der Waals surface area contributed by atoms with E-state index in [4.69, 9.17) is 10.00 Å². The molecule has 6 heteroatoms. The van der Waals surface area contributed by atoms with Crippen molar-refractivity contribution >= 4 is 11.8 Å². The van der Waals surface area contributed by atoms with E-state index in [0.29, 0.717) is 5.56 Å². The highest BCUT2D eigenvalue weighted by molar-refractivity contribution is 7.98. The SMILES string of the molecule is COc1cccc(-c2nnc(SCc3cccc(C#N)c3)n2C)c1. The van der Waals surface area contributed by atoms with Crippen LogP contribution in [0, 0.1) is 11.3 Å². The Bertz CT molecular complexity index is 898. The molecular formula is C18H16N4OS. The van der Waals surface area contributed by atoms with Gasteiger partial charge in [0.05, 0.1) is 18.7 Å². The van der Waals surface area contributed by atoms with Crippen molar-refractivity contribution in [3.8, 4) is 23.2 Å². The van der Waals surface area contributed by atoms with Gasteiger partial charge in [0, 0.05) is 18.4 Å². The topological polar surface area (TPSA) is 63.7 Å². The summed E-state index contributed by atoms with van der Waals surface area (Å²) in [5.74, 6) is 2.32. The molecule has 0 aliphatic rings. The summed E-state index contributed by atoms with van der Waals surface area (Å²) in [6.07, 6.45) is 0. The molecule has 0 unspecified atom stereocenters. The van der Waals surface area contributed by atoms with E-state index in [2.05, 4.69) is 16.3 Å². The minimum Gasteiger partial charge on any atom is -0.497 e. The smallest absolute Gasteiger partial charge is 0.191 e. The van der Waals surface area contributed by atoms with Gasteiger partial charge in [-0.25, -0.2) is 0 Å². The molecule has 1 heterocycles. The second-order valence-corrected chi connectivity index (χ2v) is 6.14. The van der Waals surface area contributed by atoms with E-state index >= 15 is 0 Å². The number of aromatic nitrogens is 3. The Morgan fingerprint density at radius 2 is 2.00 bits per heavy atom. The quantitative estimate of drug-likeness (QED) is 0.665. The molecule has 0 N–H and O–H groups in total. The summed E-state index contributed by atoms with van der Waals surface area (Å²) < 4.78 is 7.23. The zero-order chi connectivity index (χ0) is 16.9. The fourth-order valence-electron chi connectivity index (χ4n) is 2.33. The van der Waals surface area contributed by atoms with Gasteiger partial charge in [-0.1, -0.05) is 36.0 Å². The molecule has 0 amide bonds. The number of hydrogen-bond acceptors (Lipinski definition) is 5. The molecule has 0 bridgehead atoms. The summed E-state index contributed by atoms with van der Waals surface area (Å²) in [4.78, 5) is 0. The van der Waals surface area contributed by atoms with Crippen LogP contribution >= 0.6 is 11.8 Å². The van der Waals surface area contributed by atoms with E-state index in [1.165, 1.54) is 0 Å². The third-order valence-corrected chi connectivity index (χ3v) is 4.68. The van der Waals surface area contributed by atoms with Crippen LogP contribution in [0.5, 0.6) is 5.75 Å². The number of nitriles is 1. The Kier molecular flexibility index (Phi) is 4.82. The van der Waals surface area contributed by atoms with E-state index in [1.807, 2.05) is 54.1 Å². The van der Waals surface area contributed by atoms with Crippen molar-refractivity contribution < 1.29 is 4.74 Å². The number of hydrogen-bond donors (Lipinski definition) is 0. The molecule has 3 rings (SSSR count). The van der Waals surface area contributed by atoms with Gasteiger partial charge in [0.1, 0.15) is 5.75 Å². The van der Waals surface area contributed by atoms with Gasteiger partial charge in [-0.05, 0) is 29.8 Å². The lowest BCUT2D eigenvalue weighted by Crippen LogP contribution is -1.95. The molecular weight excluding hydrogens is 320 g/mol. The van der Waals surface area contributed by atoms with Crippen LogP contribution in [0.2, 0.25) is 0 Å². The molecule has 0 spiro atoms. The fraction of sp³-hybridized carbons (Fsp3) is 0.167. The highest BCUT2D eigenvalue weighted by Gasteiger charge is 2.12. The Labute approximate surface area is 144 Å². The molecule has 3 aromatic rings. The predicted molar refractivity (Wildman–Crippen MR) is 93.7 cm³/mol. The van der Waals surface area contributed by atoms with Crippen molar-refractivity contribution in [2.24, 2.45) is 7.05 Å². The number of benzene rings is 2. The average Bonchev–Trinajstić information content (AvgIpc) is 3.01. The number of ether oxygens (including phenoxy) is 1. The van der Waals surface area contributed by atoms with E-state index in [0.717, 1.165) is 33.6 Å². The van der Waals surface area contributed by atoms with Gasteiger partial charge < -0.3 is 9.30 Å². The van der Waals surface area contributed by atoms with Crippen LogP contribution in [0.1, 0.15) is 11.1 Å². The van der Waals surface area contributed by atoms with Crippen LogP contribution in [-0.2, 0) is 12.8 Å². The minimum atomic E-state index is 0.670. The van der Waals surface area contributed by atoms with Crippen LogP contribution in [0.4, 0.5) is 0 Å². The molecule has 120 valence electrons. The van der Waals surface area contributed by atoms with Crippen molar-refractivity contribution in [2.75, 3.05) is 7.11 Å². The molecule has 24 heavy (non-hydrogen) atoms. The molecule has 0 radical (unpaired) electrons. The number of nitrogens with zero attached hydrogens (tertiary/aromatic N) is 4. The molecule has 0 atom stereocenters. The van der Waals surface area contributed by atoms with Gasteiger partial charge in [-0.2, -0.15) is 5.26 Å². The van der Waals surface area contributed by atoms with E-state index in [1.54, 1.807) is 24.9 Å². The molecule has 0 saturated carbocycles. The normalized spacial score (nSPS) is 10.4. The van der Waals surface area contributed by atoms with Crippen molar-refractivity contribution in [1.82, 2.24) is 14.8 Å². The Morgan fingerprint density at radius 3 is 2.79 bits per heavy atom. The summed E-state index contributed by atoms with van der Waals surface area (Å²) >= 11 is 1.59. The molecule has 0 saturated heterocycles. The summed E-state index contributed by atoms with van der Waals surface area (Å²) in [5.41, 5.74) is 2.72. The van der Waals surface area contributed by atoms with Crippen LogP contribution in [0.3, 0.4) is 0 Å². The van der Waals surface area contributed by atoms with Gasteiger partial charge in [0.15, 0.2) is 11.0 Å². The van der Waals surface area contributed by atoms with Crippen LogP contribution in [-0.4, -0.2) is 21.9 Å². The van der Waals surface area contributed by atoms with Gasteiger partial charge >= 0.3 is 0 Å². The van der Waals surface area contributed by atoms with E-state index < -0.39 is 0 Å². The molecule has 1 aromatic heterocycles. The Balaban J connectivity index is 1.78. The van der Waals surface area contributed by atoms with Crippen LogP contribution < -0.4 is 4.74 Å². The van der Waals surface area contributed by atoms with Crippen molar-refractivity contribution in [1.29, 1.82) is 5.26 Å². The lowest BCUT2D eigenvalue weighted by Gasteiger charge is -2.06. The third-order valence-electron chi connectivity index (χ3n) is 3.59. The first-order valence-electron chi connectivity index (χ1n) is 7.37. The first-order valence-corrected chi connectivity index (χ1v) is 8.35.